The first-order chi connectivity index (χ1) is 13.1. The van der Waals surface area contributed by atoms with Crippen LogP contribution in [0.4, 0.5) is 0 Å². The maximum absolute atomic E-state index is 11.9. The van der Waals surface area contributed by atoms with Crippen LogP contribution in [-0.2, 0) is 13.0 Å². The van der Waals surface area contributed by atoms with Crippen molar-refractivity contribution in [1.29, 1.82) is 0 Å². The monoisotopic (exact) mass is 362 g/mol. The Labute approximate surface area is 160 Å². The predicted octanol–water partition coefficient (Wildman–Crippen LogP) is 4.51. The molecule has 4 heteroatoms. The Morgan fingerprint density at radius 1 is 0.963 bits per heavy atom. The number of aryl methyl sites for hydroxylation is 1. The predicted molar refractivity (Wildman–Crippen MR) is 109 cm³/mol. The molecule has 3 rings (SSSR count). The maximum atomic E-state index is 11.9. The third-order valence-electron chi connectivity index (χ3n) is 4.96. The Morgan fingerprint density at radius 3 is 2.22 bits per heavy atom. The van der Waals surface area contributed by atoms with E-state index in [2.05, 4.69) is 29.6 Å². The number of nitrogens with one attached hydrogen (secondary N) is 1. The van der Waals surface area contributed by atoms with E-state index in [9.17, 15) is 9.90 Å². The first kappa shape index (κ1) is 18.9. The van der Waals surface area contributed by atoms with Crippen molar-refractivity contribution >= 4 is 5.97 Å². The van der Waals surface area contributed by atoms with Crippen molar-refractivity contribution < 1.29 is 9.90 Å². The van der Waals surface area contributed by atoms with Crippen LogP contribution in [0.15, 0.2) is 60.7 Å². The molecule has 0 fully saturated rings. The van der Waals surface area contributed by atoms with Gasteiger partial charge in [0.2, 0.25) is 0 Å². The molecule has 0 saturated heterocycles. The van der Waals surface area contributed by atoms with Gasteiger partial charge in [0.15, 0.2) is 0 Å². The zero-order chi connectivity index (χ0) is 19.2. The minimum absolute atomic E-state index is 0.409. The second-order valence-electron chi connectivity index (χ2n) is 6.77. The Morgan fingerprint density at radius 2 is 1.59 bits per heavy atom. The van der Waals surface area contributed by atoms with Crippen molar-refractivity contribution in [1.82, 2.24) is 9.88 Å². The average Bonchev–Trinajstić information content (AvgIpc) is 2.93. The summed E-state index contributed by atoms with van der Waals surface area (Å²) in [4.78, 5) is 11.9. The number of hydrogen-bond donors (Lipinski definition) is 2. The van der Waals surface area contributed by atoms with Gasteiger partial charge in [0.05, 0.1) is 5.56 Å². The Hall–Kier alpha value is -2.85. The smallest absolute Gasteiger partial charge is 0.337 e. The van der Waals surface area contributed by atoms with Gasteiger partial charge in [-0.05, 0) is 50.9 Å². The lowest BCUT2D eigenvalue weighted by molar-refractivity contribution is 0.0695. The summed E-state index contributed by atoms with van der Waals surface area (Å²) in [7, 11) is 0. The van der Waals surface area contributed by atoms with Crippen LogP contribution in [0.1, 0.15) is 39.3 Å². The van der Waals surface area contributed by atoms with Gasteiger partial charge >= 0.3 is 5.97 Å². The van der Waals surface area contributed by atoms with Gasteiger partial charge in [0, 0.05) is 29.2 Å². The lowest BCUT2D eigenvalue weighted by Gasteiger charge is -2.10. The SMILES string of the molecule is Cc1c(CNCCCc2ccccc2)c(C(=O)O)c(C)n1-c1ccccc1. The molecule has 0 aliphatic rings. The molecular formula is C23H26N2O2. The Kier molecular flexibility index (Phi) is 6.09. The maximum Gasteiger partial charge on any atom is 0.337 e. The molecular weight excluding hydrogens is 336 g/mol. The summed E-state index contributed by atoms with van der Waals surface area (Å²) in [6, 6.07) is 20.3. The summed E-state index contributed by atoms with van der Waals surface area (Å²) in [6.45, 7) is 5.28. The fraction of sp³-hybridized carbons (Fsp3) is 0.261. The zero-order valence-corrected chi connectivity index (χ0v) is 15.9. The highest BCUT2D eigenvalue weighted by Crippen LogP contribution is 2.26. The number of carboxylic acid groups (broad SMARTS) is 1. The minimum Gasteiger partial charge on any atom is -0.478 e. The number of para-hydroxylation sites is 1. The molecule has 1 aromatic heterocycles. The molecule has 0 aliphatic heterocycles. The van der Waals surface area contributed by atoms with Crippen molar-refractivity contribution in [3.8, 4) is 5.69 Å². The van der Waals surface area contributed by atoms with Gasteiger partial charge in [-0.1, -0.05) is 48.5 Å². The molecule has 0 atom stereocenters. The van der Waals surface area contributed by atoms with Gasteiger partial charge in [-0.3, -0.25) is 0 Å². The number of carbonyl (C=O) groups is 1. The summed E-state index contributed by atoms with van der Waals surface area (Å²) < 4.78 is 2.03. The number of aromatic nitrogens is 1. The lowest BCUT2D eigenvalue weighted by Crippen LogP contribution is -2.17. The number of aromatic carboxylic acids is 1. The van der Waals surface area contributed by atoms with E-state index in [1.54, 1.807) is 0 Å². The van der Waals surface area contributed by atoms with Crippen molar-refractivity contribution in [2.45, 2.75) is 33.2 Å². The lowest BCUT2D eigenvalue weighted by atomic mass is 10.1. The highest BCUT2D eigenvalue weighted by atomic mass is 16.4. The summed E-state index contributed by atoms with van der Waals surface area (Å²) in [5.41, 5.74) is 5.34. The highest BCUT2D eigenvalue weighted by molar-refractivity contribution is 5.91. The van der Waals surface area contributed by atoms with E-state index in [0.29, 0.717) is 12.1 Å². The van der Waals surface area contributed by atoms with Crippen LogP contribution in [0.3, 0.4) is 0 Å². The van der Waals surface area contributed by atoms with Crippen molar-refractivity contribution in [2.75, 3.05) is 6.54 Å². The zero-order valence-electron chi connectivity index (χ0n) is 15.9. The third kappa shape index (κ3) is 4.29. The van der Waals surface area contributed by atoms with Crippen LogP contribution >= 0.6 is 0 Å². The number of nitrogens with zero attached hydrogens (tertiary/aromatic N) is 1. The topological polar surface area (TPSA) is 54.3 Å². The Balaban J connectivity index is 1.72. The van der Waals surface area contributed by atoms with E-state index in [4.69, 9.17) is 0 Å². The number of rotatable bonds is 8. The molecule has 4 nitrogen and oxygen atoms in total. The highest BCUT2D eigenvalue weighted by Gasteiger charge is 2.22. The molecule has 0 aliphatic carbocycles. The molecule has 0 amide bonds. The minimum atomic E-state index is -0.869. The van der Waals surface area contributed by atoms with E-state index in [1.165, 1.54) is 5.56 Å². The Bertz CT molecular complexity index is 899. The van der Waals surface area contributed by atoms with Crippen LogP contribution in [0.5, 0.6) is 0 Å². The second kappa shape index (κ2) is 8.69. The van der Waals surface area contributed by atoms with Crippen molar-refractivity contribution in [3.63, 3.8) is 0 Å². The van der Waals surface area contributed by atoms with Gasteiger partial charge < -0.3 is 15.0 Å². The van der Waals surface area contributed by atoms with Gasteiger partial charge in [0.1, 0.15) is 0 Å². The normalized spacial score (nSPS) is 10.9. The molecule has 1 heterocycles. The van der Waals surface area contributed by atoms with Crippen LogP contribution in [0.25, 0.3) is 5.69 Å². The molecule has 2 aromatic carbocycles. The van der Waals surface area contributed by atoms with Crippen LogP contribution in [-0.4, -0.2) is 22.2 Å². The molecule has 2 N–H and O–H groups in total. The summed E-state index contributed by atoms with van der Waals surface area (Å²) in [5.74, 6) is -0.869. The van der Waals surface area contributed by atoms with Gasteiger partial charge in [0.25, 0.3) is 0 Å². The summed E-state index contributed by atoms with van der Waals surface area (Å²) in [5, 5.41) is 13.2. The summed E-state index contributed by atoms with van der Waals surface area (Å²) in [6.07, 6.45) is 2.03. The second-order valence-corrected chi connectivity index (χ2v) is 6.77. The summed E-state index contributed by atoms with van der Waals surface area (Å²) >= 11 is 0. The van der Waals surface area contributed by atoms with E-state index in [1.807, 2.05) is 54.8 Å². The largest absolute Gasteiger partial charge is 0.478 e. The number of hydrogen-bond acceptors (Lipinski definition) is 2. The van der Waals surface area contributed by atoms with Crippen molar-refractivity contribution in [2.24, 2.45) is 0 Å². The van der Waals surface area contributed by atoms with E-state index in [0.717, 1.165) is 42.0 Å². The fourth-order valence-corrected chi connectivity index (χ4v) is 3.64. The molecule has 140 valence electrons. The molecule has 0 radical (unpaired) electrons. The molecule has 0 bridgehead atoms. The van der Waals surface area contributed by atoms with Crippen LogP contribution < -0.4 is 5.32 Å². The first-order valence-corrected chi connectivity index (χ1v) is 9.33. The standard InChI is InChI=1S/C23H26N2O2/c1-17-21(16-24-15-9-12-19-10-5-3-6-11-19)22(23(26)27)18(2)25(17)20-13-7-4-8-14-20/h3-8,10-11,13-14,24H,9,12,15-16H2,1-2H3,(H,26,27). The van der Waals surface area contributed by atoms with Crippen molar-refractivity contribution in [3.05, 3.63) is 88.7 Å². The van der Waals surface area contributed by atoms with E-state index in [-0.39, 0.29) is 0 Å². The first-order valence-electron chi connectivity index (χ1n) is 9.33. The molecule has 3 aromatic rings. The molecule has 0 unspecified atom stereocenters. The van der Waals surface area contributed by atoms with Crippen LogP contribution in [0, 0.1) is 13.8 Å². The molecule has 27 heavy (non-hydrogen) atoms. The molecule has 0 saturated carbocycles. The van der Waals surface area contributed by atoms with Gasteiger partial charge in [-0.2, -0.15) is 0 Å². The molecule has 0 spiro atoms. The van der Waals surface area contributed by atoms with Crippen LogP contribution in [0.2, 0.25) is 0 Å². The average molecular weight is 362 g/mol. The quantitative estimate of drug-likeness (QED) is 0.580. The van der Waals surface area contributed by atoms with Gasteiger partial charge in [-0.25, -0.2) is 4.79 Å². The van der Waals surface area contributed by atoms with E-state index >= 15 is 0 Å². The number of carboxylic acids is 1. The van der Waals surface area contributed by atoms with Gasteiger partial charge in [-0.15, -0.1) is 0 Å². The third-order valence-corrected chi connectivity index (χ3v) is 4.96. The fourth-order valence-electron chi connectivity index (χ4n) is 3.64. The van der Waals surface area contributed by atoms with E-state index < -0.39 is 5.97 Å². The number of benzene rings is 2.